The average Bonchev–Trinajstić information content (AvgIpc) is 3.66. The van der Waals surface area contributed by atoms with E-state index in [0.717, 1.165) is 23.8 Å². The number of carbonyl (C=O) groups excluding carboxylic acids is 2. The van der Waals surface area contributed by atoms with Crippen LogP contribution < -0.4 is 0 Å². The van der Waals surface area contributed by atoms with Crippen LogP contribution in [0.15, 0.2) is 72.1 Å². The zero-order chi connectivity index (χ0) is 32.4. The molecule has 0 amide bonds. The van der Waals surface area contributed by atoms with Crippen LogP contribution in [-0.2, 0) is 14.3 Å². The molecule has 3 aromatic heterocycles. The maximum Gasteiger partial charge on any atom is 0.358 e. The minimum Gasteiger partial charge on any atom is -0.460 e. The molecule has 1 aliphatic rings. The van der Waals surface area contributed by atoms with Crippen molar-refractivity contribution in [3.63, 3.8) is 0 Å². The van der Waals surface area contributed by atoms with Crippen LogP contribution in [0.1, 0.15) is 16.2 Å². The van der Waals surface area contributed by atoms with Gasteiger partial charge in [0.1, 0.15) is 36.4 Å². The van der Waals surface area contributed by atoms with Gasteiger partial charge in [-0.15, -0.1) is 23.1 Å². The van der Waals surface area contributed by atoms with E-state index in [9.17, 15) is 9.59 Å². The van der Waals surface area contributed by atoms with Gasteiger partial charge in [0.25, 0.3) is 0 Å². The van der Waals surface area contributed by atoms with E-state index in [1.165, 1.54) is 29.2 Å². The topological polar surface area (TPSA) is 104 Å². The molecule has 0 saturated carbocycles. The van der Waals surface area contributed by atoms with Crippen LogP contribution in [0, 0.1) is 38.5 Å². The monoisotopic (exact) mass is 1190 g/mol. The van der Waals surface area contributed by atoms with Crippen molar-refractivity contribution in [1.82, 2.24) is 15.0 Å². The number of halogens is 6. The van der Waals surface area contributed by atoms with Gasteiger partial charge in [0.05, 0.1) is 5.69 Å². The van der Waals surface area contributed by atoms with Gasteiger partial charge in [0, 0.05) is 50.6 Å². The number of carbonyl (C=O) groups is 2. The number of aromatic nitrogens is 3. The molecule has 1 unspecified atom stereocenters. The summed E-state index contributed by atoms with van der Waals surface area (Å²) in [6, 6.07) is 11.0. The number of esters is 2. The number of thioether (sulfide) groups is 1. The summed E-state index contributed by atoms with van der Waals surface area (Å²) >= 11 is 24.8. The molecule has 0 aromatic carbocycles. The first-order valence-corrected chi connectivity index (χ1v) is 17.1. The van der Waals surface area contributed by atoms with E-state index in [1.807, 2.05) is 36.4 Å². The summed E-state index contributed by atoms with van der Waals surface area (Å²) in [5.74, 6) is -0.135. The number of ether oxygens (including phenoxy) is 2. The molecule has 0 fully saturated rings. The third-order valence-corrected chi connectivity index (χ3v) is 7.32. The number of hydrogen-bond donors (Lipinski definition) is 0. The van der Waals surface area contributed by atoms with Gasteiger partial charge in [0.15, 0.2) is 11.7 Å². The number of pyridine rings is 2. The summed E-state index contributed by atoms with van der Waals surface area (Å²) in [7, 11) is 3.75. The second kappa shape index (κ2) is 22.8. The molecular formula is C25H21BBrCl3I2N4O4S2U. The van der Waals surface area contributed by atoms with Gasteiger partial charge in [-0.3, -0.25) is 4.99 Å². The Morgan fingerprint density at radius 1 is 1.05 bits per heavy atom. The molecule has 4 heterocycles. The maximum absolute atomic E-state index is 11.6. The Balaban J connectivity index is 0.000000683. The van der Waals surface area contributed by atoms with E-state index in [2.05, 4.69) is 103 Å². The summed E-state index contributed by atoms with van der Waals surface area (Å²) in [5.41, 5.74) is 1.87. The third kappa shape index (κ3) is 17.7. The second-order valence-corrected chi connectivity index (χ2v) is 16.1. The van der Waals surface area contributed by atoms with Crippen LogP contribution in [0.4, 0.5) is 0 Å². The van der Waals surface area contributed by atoms with E-state index in [0.29, 0.717) is 16.5 Å². The summed E-state index contributed by atoms with van der Waals surface area (Å²) < 4.78 is 15.7. The maximum atomic E-state index is 11.6. The van der Waals surface area contributed by atoms with Crippen LogP contribution in [0.3, 0.4) is 0 Å². The molecule has 0 spiro atoms. The van der Waals surface area contributed by atoms with Gasteiger partial charge in [-0.1, -0.05) is 72.2 Å². The molecule has 0 saturated heterocycles. The predicted octanol–water partition coefficient (Wildman–Crippen LogP) is 7.49. The SMILES string of the molecule is C=CCOC(=O)C1CSC(c2cccc(I)n2)=N1.C=CCOC(=O)c1csc(-c2cccc(I)n2)n1.ClC(Cl)(Cl)Br.[2H][B].[U]. The Labute approximate surface area is 335 Å². The average molecular weight is 1200 g/mol. The third-order valence-electron chi connectivity index (χ3n) is 4.18. The van der Waals surface area contributed by atoms with Crippen LogP contribution >= 0.6 is 119 Å². The molecule has 18 heteroatoms. The van der Waals surface area contributed by atoms with E-state index in [4.69, 9.17) is 45.6 Å². The van der Waals surface area contributed by atoms with Crippen LogP contribution in [0.25, 0.3) is 10.7 Å². The van der Waals surface area contributed by atoms with Crippen molar-refractivity contribution in [3.05, 3.63) is 85.9 Å². The van der Waals surface area contributed by atoms with Gasteiger partial charge in [-0.05, 0) is 86.7 Å². The van der Waals surface area contributed by atoms with E-state index >= 15 is 0 Å². The van der Waals surface area contributed by atoms with E-state index in [-0.39, 0.29) is 50.3 Å². The number of hydrogen-bond acceptors (Lipinski definition) is 10. The summed E-state index contributed by atoms with van der Waals surface area (Å²) in [6.45, 7) is 7.40. The fourth-order valence-corrected chi connectivity index (χ4v) is 5.30. The molecule has 0 N–H and O–H groups in total. The van der Waals surface area contributed by atoms with Crippen LogP contribution in [0.2, 0.25) is 0 Å². The Kier molecular flexibility index (Phi) is 21.9. The molecule has 1 aliphatic heterocycles. The zero-order valence-electron chi connectivity index (χ0n) is 22.9. The fourth-order valence-electron chi connectivity index (χ4n) is 2.62. The van der Waals surface area contributed by atoms with E-state index < -0.39 is 14.7 Å². The van der Waals surface area contributed by atoms with Gasteiger partial charge >= 0.3 is 11.9 Å². The van der Waals surface area contributed by atoms with Crippen molar-refractivity contribution in [2.75, 3.05) is 19.0 Å². The Morgan fingerprint density at radius 3 is 2.14 bits per heavy atom. The molecule has 2 radical (unpaired) electrons. The molecule has 8 nitrogen and oxygen atoms in total. The zero-order valence-corrected chi connectivity index (χ0v) is 35.9. The first kappa shape index (κ1) is 41.3. The summed E-state index contributed by atoms with van der Waals surface area (Å²) in [4.78, 5) is 40.5. The molecule has 1 atom stereocenters. The molecule has 0 bridgehead atoms. The van der Waals surface area contributed by atoms with E-state index in [1.54, 1.807) is 11.5 Å². The van der Waals surface area contributed by atoms with Gasteiger partial charge < -0.3 is 9.47 Å². The molecule has 0 aliphatic carbocycles. The molecule has 43 heavy (non-hydrogen) atoms. The Morgan fingerprint density at radius 2 is 1.58 bits per heavy atom. The number of nitrogens with zero attached hydrogens (tertiary/aromatic N) is 4. The molecule has 226 valence electrons. The fraction of sp³-hybridized carbons (Fsp3) is 0.200. The molecular weight excluding hydrogens is 1170 g/mol. The normalized spacial score (nSPS) is 13.4. The predicted molar refractivity (Wildman–Crippen MR) is 196 cm³/mol. The summed E-state index contributed by atoms with van der Waals surface area (Å²) in [6.07, 6.45) is 3.07. The smallest absolute Gasteiger partial charge is 0.358 e. The number of alkyl halides is 4. The molecule has 3 aromatic rings. The van der Waals surface area contributed by atoms with Crippen LogP contribution in [-0.4, -0.2) is 69.4 Å². The van der Waals surface area contributed by atoms with Crippen molar-refractivity contribution in [2.45, 2.75) is 8.74 Å². The first-order chi connectivity index (χ1) is 20.4. The van der Waals surface area contributed by atoms with Crippen molar-refractivity contribution in [1.29, 1.82) is 1.34 Å². The molecule has 4 rings (SSSR count). The van der Waals surface area contributed by atoms with Crippen molar-refractivity contribution >= 4 is 144 Å². The Hall–Kier alpha value is 0.297. The van der Waals surface area contributed by atoms with Gasteiger partial charge in [0.2, 0.25) is 2.70 Å². The van der Waals surface area contributed by atoms with Gasteiger partial charge in [-0.2, -0.15) is 0 Å². The second-order valence-electron chi connectivity index (χ2n) is 7.22. The standard InChI is InChI=1S/C12H11IN2O2S.C12H9IN2O2S.CBrCl3.BH.U/c2*1-2-6-17-12(16)9-7-18-11(15-9)8-4-3-5-10(13)14-8;2-1(3,4)5;;/h2-5,9H,1,6-7H2;2-5,7H,1,6H2;;1H;/i;;;1D;. The number of thiazole rings is 1. The van der Waals surface area contributed by atoms with Crippen molar-refractivity contribution in [2.24, 2.45) is 4.99 Å². The van der Waals surface area contributed by atoms with Crippen molar-refractivity contribution in [3.8, 4) is 10.7 Å². The minimum absolute atomic E-state index is 0. The summed E-state index contributed by atoms with van der Waals surface area (Å²) in [5, 5.41) is 3.18. The van der Waals surface area contributed by atoms with Crippen molar-refractivity contribution < 1.29 is 50.2 Å². The number of rotatable bonds is 8. The van der Waals surface area contributed by atoms with Crippen LogP contribution in [0.5, 0.6) is 0 Å². The largest absolute Gasteiger partial charge is 0.460 e. The van der Waals surface area contributed by atoms with Gasteiger partial charge in [-0.25, -0.2) is 24.5 Å². The first-order valence-electron chi connectivity index (χ1n) is 11.7. The quantitative estimate of drug-likeness (QED) is 0.0572. The minimum atomic E-state index is -1.27. The number of aliphatic imine (C=N–C) groups is 1. The Bertz CT molecular complexity index is 1410.